The highest BCUT2D eigenvalue weighted by Crippen LogP contribution is 2.29. The van der Waals surface area contributed by atoms with Crippen LogP contribution in [0.5, 0.6) is 0 Å². The second kappa shape index (κ2) is 4.87. The molecule has 1 heterocycles. The molecule has 1 saturated carbocycles. The molecule has 0 N–H and O–H groups in total. The van der Waals surface area contributed by atoms with Crippen molar-refractivity contribution < 1.29 is 4.92 Å². The number of pyridine rings is 1. The second-order valence-corrected chi connectivity index (χ2v) is 4.83. The van der Waals surface area contributed by atoms with Gasteiger partial charge in [0.2, 0.25) is 0 Å². The van der Waals surface area contributed by atoms with Gasteiger partial charge in [-0.05, 0) is 18.8 Å². The summed E-state index contributed by atoms with van der Waals surface area (Å²) in [5.74, 6) is 1.25. The summed E-state index contributed by atoms with van der Waals surface area (Å²) in [5, 5.41) is 10.9. The first-order valence-electron chi connectivity index (χ1n) is 5.59. The maximum Gasteiger partial charge on any atom is 0.276 e. The Balaban J connectivity index is 2.15. The number of aromatic nitrogens is 1. The molecular weight excluding hydrogens is 242 g/mol. The molecule has 6 heteroatoms. The van der Waals surface area contributed by atoms with E-state index < -0.39 is 4.92 Å². The van der Waals surface area contributed by atoms with Gasteiger partial charge in [-0.2, -0.15) is 0 Å². The van der Waals surface area contributed by atoms with Crippen LogP contribution in [-0.4, -0.2) is 23.5 Å². The molecule has 0 bridgehead atoms. The van der Waals surface area contributed by atoms with E-state index in [4.69, 9.17) is 11.6 Å². The number of hydrogen-bond donors (Lipinski definition) is 0. The Morgan fingerprint density at radius 2 is 2.29 bits per heavy atom. The molecule has 5 nitrogen and oxygen atoms in total. The summed E-state index contributed by atoms with van der Waals surface area (Å²) in [6.07, 6.45) is 3.74. The predicted molar refractivity (Wildman–Crippen MR) is 66.5 cm³/mol. The van der Waals surface area contributed by atoms with Crippen LogP contribution >= 0.6 is 11.6 Å². The minimum Gasteiger partial charge on any atom is -0.359 e. The zero-order chi connectivity index (χ0) is 12.4. The average molecular weight is 256 g/mol. The predicted octanol–water partition coefficient (Wildman–Crippen LogP) is 2.88. The minimum absolute atomic E-state index is 0.0135. The average Bonchev–Trinajstić information content (AvgIpc) is 2.22. The summed E-state index contributed by atoms with van der Waals surface area (Å²) >= 11 is 5.78. The van der Waals surface area contributed by atoms with Crippen molar-refractivity contribution >= 4 is 23.1 Å². The van der Waals surface area contributed by atoms with Crippen molar-refractivity contribution in [2.45, 2.75) is 19.3 Å². The Morgan fingerprint density at radius 3 is 2.82 bits per heavy atom. The fourth-order valence-electron chi connectivity index (χ4n) is 1.93. The molecule has 0 radical (unpaired) electrons. The standard InChI is InChI=1S/C11H14ClN3O2/c1-14(7-8-3-2-4-8)11-6-9(15(16)17)5-10(12)13-11/h5-6,8H,2-4,7H2,1H3. The fourth-order valence-corrected chi connectivity index (χ4v) is 2.13. The number of anilines is 1. The van der Waals surface area contributed by atoms with Crippen LogP contribution in [0.15, 0.2) is 12.1 Å². The van der Waals surface area contributed by atoms with E-state index in [2.05, 4.69) is 4.98 Å². The Bertz CT molecular complexity index is 435. The van der Waals surface area contributed by atoms with Crippen molar-refractivity contribution in [2.75, 3.05) is 18.5 Å². The van der Waals surface area contributed by atoms with Crippen molar-refractivity contribution in [3.8, 4) is 0 Å². The van der Waals surface area contributed by atoms with E-state index in [1.807, 2.05) is 11.9 Å². The van der Waals surface area contributed by atoms with Gasteiger partial charge in [0.25, 0.3) is 5.69 Å². The largest absolute Gasteiger partial charge is 0.359 e. The Morgan fingerprint density at radius 1 is 1.59 bits per heavy atom. The molecule has 1 aliphatic carbocycles. The maximum atomic E-state index is 10.7. The highest BCUT2D eigenvalue weighted by atomic mass is 35.5. The van der Waals surface area contributed by atoms with Crippen LogP contribution in [-0.2, 0) is 0 Å². The van der Waals surface area contributed by atoms with Crippen LogP contribution in [0, 0.1) is 16.0 Å². The molecule has 0 unspecified atom stereocenters. The molecule has 1 fully saturated rings. The van der Waals surface area contributed by atoms with Gasteiger partial charge in [-0.25, -0.2) is 4.98 Å². The van der Waals surface area contributed by atoms with Gasteiger partial charge in [-0.15, -0.1) is 0 Å². The number of nitro groups is 1. The summed E-state index contributed by atoms with van der Waals surface area (Å²) in [7, 11) is 1.89. The lowest BCUT2D eigenvalue weighted by atomic mass is 9.85. The van der Waals surface area contributed by atoms with Gasteiger partial charge in [0.1, 0.15) is 11.0 Å². The van der Waals surface area contributed by atoms with Gasteiger partial charge < -0.3 is 4.90 Å². The van der Waals surface area contributed by atoms with Crippen molar-refractivity contribution in [3.05, 3.63) is 27.4 Å². The molecule has 1 aliphatic rings. The van der Waals surface area contributed by atoms with Crippen molar-refractivity contribution in [1.29, 1.82) is 0 Å². The van der Waals surface area contributed by atoms with Gasteiger partial charge in [0.05, 0.1) is 17.1 Å². The Hall–Kier alpha value is -1.36. The lowest BCUT2D eigenvalue weighted by molar-refractivity contribution is -0.384. The molecule has 0 saturated heterocycles. The van der Waals surface area contributed by atoms with Gasteiger partial charge >= 0.3 is 0 Å². The first kappa shape index (κ1) is 12.1. The first-order valence-corrected chi connectivity index (χ1v) is 5.97. The molecule has 0 spiro atoms. The quantitative estimate of drug-likeness (QED) is 0.472. The molecular formula is C11H14ClN3O2. The van der Waals surface area contributed by atoms with Crippen LogP contribution in [0.2, 0.25) is 5.15 Å². The summed E-state index contributed by atoms with van der Waals surface area (Å²) in [5.41, 5.74) is -0.0135. The van der Waals surface area contributed by atoms with E-state index in [1.54, 1.807) is 0 Å². The number of nitrogens with zero attached hydrogens (tertiary/aromatic N) is 3. The van der Waals surface area contributed by atoms with E-state index in [1.165, 1.54) is 31.4 Å². The normalized spacial score (nSPS) is 15.4. The summed E-state index contributed by atoms with van der Waals surface area (Å²) in [6.45, 7) is 0.879. The molecule has 0 aromatic carbocycles. The minimum atomic E-state index is -0.450. The lowest BCUT2D eigenvalue weighted by Crippen LogP contribution is -2.29. The molecule has 17 heavy (non-hydrogen) atoms. The van der Waals surface area contributed by atoms with Crippen LogP contribution in [0.1, 0.15) is 19.3 Å². The zero-order valence-corrected chi connectivity index (χ0v) is 10.4. The third-order valence-electron chi connectivity index (χ3n) is 3.12. The monoisotopic (exact) mass is 255 g/mol. The summed E-state index contributed by atoms with van der Waals surface area (Å²) < 4.78 is 0. The lowest BCUT2D eigenvalue weighted by Gasteiger charge is -2.30. The third-order valence-corrected chi connectivity index (χ3v) is 3.32. The van der Waals surface area contributed by atoms with Crippen LogP contribution in [0.25, 0.3) is 0 Å². The van der Waals surface area contributed by atoms with Crippen LogP contribution in [0.4, 0.5) is 11.5 Å². The van der Waals surface area contributed by atoms with Crippen molar-refractivity contribution in [2.24, 2.45) is 5.92 Å². The van der Waals surface area contributed by atoms with E-state index in [0.29, 0.717) is 11.7 Å². The molecule has 1 aromatic heterocycles. The van der Waals surface area contributed by atoms with Gasteiger partial charge in [0.15, 0.2) is 0 Å². The Kier molecular flexibility index (Phi) is 3.47. The van der Waals surface area contributed by atoms with Crippen molar-refractivity contribution in [1.82, 2.24) is 4.98 Å². The Labute approximate surface area is 105 Å². The van der Waals surface area contributed by atoms with E-state index >= 15 is 0 Å². The van der Waals surface area contributed by atoms with E-state index in [0.717, 1.165) is 6.54 Å². The third kappa shape index (κ3) is 2.85. The van der Waals surface area contributed by atoms with Crippen LogP contribution < -0.4 is 4.90 Å². The molecule has 2 rings (SSSR count). The zero-order valence-electron chi connectivity index (χ0n) is 9.60. The molecule has 0 amide bonds. The van der Waals surface area contributed by atoms with Gasteiger partial charge in [-0.3, -0.25) is 10.1 Å². The molecule has 92 valence electrons. The highest BCUT2D eigenvalue weighted by molar-refractivity contribution is 6.29. The smallest absolute Gasteiger partial charge is 0.276 e. The topological polar surface area (TPSA) is 59.3 Å². The van der Waals surface area contributed by atoms with Gasteiger partial charge in [0, 0.05) is 13.6 Å². The summed E-state index contributed by atoms with van der Waals surface area (Å²) in [6, 6.07) is 2.73. The fraction of sp³-hybridized carbons (Fsp3) is 0.545. The molecule has 1 aromatic rings. The second-order valence-electron chi connectivity index (χ2n) is 4.44. The maximum absolute atomic E-state index is 10.7. The molecule has 0 atom stereocenters. The highest BCUT2D eigenvalue weighted by Gasteiger charge is 2.21. The summed E-state index contributed by atoms with van der Waals surface area (Å²) in [4.78, 5) is 16.3. The number of hydrogen-bond acceptors (Lipinski definition) is 4. The molecule has 0 aliphatic heterocycles. The van der Waals surface area contributed by atoms with Crippen LogP contribution in [0.3, 0.4) is 0 Å². The first-order chi connectivity index (χ1) is 8.06. The van der Waals surface area contributed by atoms with Crippen molar-refractivity contribution in [3.63, 3.8) is 0 Å². The van der Waals surface area contributed by atoms with E-state index in [9.17, 15) is 10.1 Å². The number of halogens is 1. The van der Waals surface area contributed by atoms with E-state index in [-0.39, 0.29) is 10.8 Å². The number of rotatable bonds is 4. The van der Waals surface area contributed by atoms with Gasteiger partial charge in [-0.1, -0.05) is 18.0 Å². The SMILES string of the molecule is CN(CC1CCC1)c1cc([N+](=O)[O-])cc(Cl)n1.